The van der Waals surface area contributed by atoms with Gasteiger partial charge in [0.15, 0.2) is 0 Å². The third-order valence-corrected chi connectivity index (χ3v) is 2.76. The summed E-state index contributed by atoms with van der Waals surface area (Å²) in [6, 6.07) is -0.160. The summed E-state index contributed by atoms with van der Waals surface area (Å²) in [5, 5.41) is 0. The zero-order valence-electron chi connectivity index (χ0n) is 8.20. The monoisotopic (exact) mass is 185 g/mol. The number of rotatable bonds is 1. The molecule has 1 saturated heterocycles. The van der Waals surface area contributed by atoms with Gasteiger partial charge in [0.1, 0.15) is 0 Å². The number of hydrogen-bond donors (Lipinski definition) is 2. The highest BCUT2D eigenvalue weighted by Gasteiger charge is 2.22. The molecular weight excluding hydrogens is 166 g/mol. The number of urea groups is 1. The Morgan fingerprint density at radius 2 is 2.23 bits per heavy atom. The van der Waals surface area contributed by atoms with Crippen molar-refractivity contribution in [2.24, 2.45) is 17.4 Å². The van der Waals surface area contributed by atoms with Crippen LogP contribution in [0.3, 0.4) is 0 Å². The van der Waals surface area contributed by atoms with Crippen molar-refractivity contribution in [1.82, 2.24) is 4.90 Å². The van der Waals surface area contributed by atoms with Crippen molar-refractivity contribution in [3.63, 3.8) is 0 Å². The van der Waals surface area contributed by atoms with Crippen molar-refractivity contribution in [3.05, 3.63) is 0 Å². The molecule has 1 aliphatic rings. The number of carbonyl (C=O) groups is 1. The second-order valence-electron chi connectivity index (χ2n) is 3.90. The van der Waals surface area contributed by atoms with Crippen LogP contribution in [0.2, 0.25) is 0 Å². The topological polar surface area (TPSA) is 72.3 Å². The minimum atomic E-state index is -0.312. The molecule has 0 aliphatic carbocycles. The van der Waals surface area contributed by atoms with Gasteiger partial charge in [-0.3, -0.25) is 0 Å². The van der Waals surface area contributed by atoms with E-state index in [1.165, 1.54) is 0 Å². The summed E-state index contributed by atoms with van der Waals surface area (Å²) in [6.45, 7) is 3.51. The number of nitrogens with zero attached hydrogens (tertiary/aromatic N) is 1. The van der Waals surface area contributed by atoms with Crippen molar-refractivity contribution in [2.75, 3.05) is 13.1 Å². The van der Waals surface area contributed by atoms with E-state index in [-0.39, 0.29) is 12.1 Å². The molecule has 4 N–H and O–H groups in total. The molecule has 2 amide bonds. The minimum Gasteiger partial charge on any atom is -0.351 e. The molecule has 1 fully saturated rings. The van der Waals surface area contributed by atoms with Crippen molar-refractivity contribution in [1.29, 1.82) is 0 Å². The van der Waals surface area contributed by atoms with Gasteiger partial charge in [-0.2, -0.15) is 0 Å². The third kappa shape index (κ3) is 2.88. The summed E-state index contributed by atoms with van der Waals surface area (Å²) in [6.07, 6.45) is 3.31. The number of nitrogens with two attached hydrogens (primary N) is 2. The van der Waals surface area contributed by atoms with Crippen LogP contribution in [0.25, 0.3) is 0 Å². The highest BCUT2D eigenvalue weighted by Crippen LogP contribution is 2.18. The van der Waals surface area contributed by atoms with Gasteiger partial charge in [0.25, 0.3) is 0 Å². The lowest BCUT2D eigenvalue weighted by atomic mass is 9.97. The average molecular weight is 185 g/mol. The summed E-state index contributed by atoms with van der Waals surface area (Å²) < 4.78 is 0. The third-order valence-electron chi connectivity index (χ3n) is 2.76. The summed E-state index contributed by atoms with van der Waals surface area (Å²) in [4.78, 5) is 12.7. The van der Waals surface area contributed by atoms with Crippen LogP contribution in [0.5, 0.6) is 0 Å². The van der Waals surface area contributed by atoms with Gasteiger partial charge in [-0.05, 0) is 25.7 Å². The quantitative estimate of drug-likeness (QED) is 0.625. The fraction of sp³-hybridized carbons (Fsp3) is 0.889. The van der Waals surface area contributed by atoms with Crippen LogP contribution in [0.4, 0.5) is 4.79 Å². The minimum absolute atomic E-state index is 0.153. The van der Waals surface area contributed by atoms with Gasteiger partial charge in [0.2, 0.25) is 0 Å². The van der Waals surface area contributed by atoms with Crippen molar-refractivity contribution in [3.8, 4) is 0 Å². The van der Waals surface area contributed by atoms with Gasteiger partial charge in [-0.15, -0.1) is 0 Å². The largest absolute Gasteiger partial charge is 0.351 e. The van der Waals surface area contributed by atoms with E-state index in [0.29, 0.717) is 5.92 Å². The van der Waals surface area contributed by atoms with Crippen LogP contribution < -0.4 is 11.5 Å². The highest BCUT2D eigenvalue weighted by atomic mass is 16.2. The molecule has 1 rings (SSSR count). The van der Waals surface area contributed by atoms with Crippen LogP contribution in [-0.2, 0) is 0 Å². The molecule has 13 heavy (non-hydrogen) atoms. The molecule has 1 aliphatic heterocycles. The van der Waals surface area contributed by atoms with E-state index >= 15 is 0 Å². The van der Waals surface area contributed by atoms with E-state index in [1.807, 2.05) is 6.92 Å². The lowest BCUT2D eigenvalue weighted by Gasteiger charge is -2.24. The van der Waals surface area contributed by atoms with Crippen LogP contribution in [0, 0.1) is 5.92 Å². The van der Waals surface area contributed by atoms with E-state index in [4.69, 9.17) is 11.5 Å². The van der Waals surface area contributed by atoms with Crippen molar-refractivity contribution < 1.29 is 4.79 Å². The van der Waals surface area contributed by atoms with Crippen LogP contribution in [0.1, 0.15) is 26.2 Å². The number of carbonyl (C=O) groups excluding carboxylic acids is 1. The average Bonchev–Trinajstić information content (AvgIpc) is 2.28. The zero-order chi connectivity index (χ0) is 9.84. The summed E-state index contributed by atoms with van der Waals surface area (Å²) in [5.74, 6) is 0.412. The van der Waals surface area contributed by atoms with Gasteiger partial charge < -0.3 is 16.4 Å². The van der Waals surface area contributed by atoms with E-state index < -0.39 is 0 Å². The predicted octanol–water partition coefficient (Wildman–Crippen LogP) is 0.514. The maximum atomic E-state index is 11.0. The first-order valence-corrected chi connectivity index (χ1v) is 4.91. The summed E-state index contributed by atoms with van der Waals surface area (Å²) >= 11 is 0. The Hall–Kier alpha value is -0.770. The SMILES string of the molecule is CC(N)C1CCCCN(C(N)=O)C1. The molecular formula is C9H19N3O. The van der Waals surface area contributed by atoms with Crippen LogP contribution in [-0.4, -0.2) is 30.1 Å². The normalized spacial score (nSPS) is 26.6. The van der Waals surface area contributed by atoms with E-state index in [0.717, 1.165) is 32.4 Å². The van der Waals surface area contributed by atoms with E-state index in [9.17, 15) is 4.79 Å². The van der Waals surface area contributed by atoms with Gasteiger partial charge >= 0.3 is 6.03 Å². The van der Waals surface area contributed by atoms with Crippen LogP contribution in [0.15, 0.2) is 0 Å². The highest BCUT2D eigenvalue weighted by molar-refractivity contribution is 5.72. The number of primary amides is 1. The predicted molar refractivity (Wildman–Crippen MR) is 52.1 cm³/mol. The molecule has 0 saturated carbocycles. The molecule has 2 unspecified atom stereocenters. The first-order chi connectivity index (χ1) is 6.11. The Kier molecular flexibility index (Phi) is 3.54. The molecule has 0 radical (unpaired) electrons. The Bertz CT molecular complexity index is 182. The maximum absolute atomic E-state index is 11.0. The molecule has 0 aromatic heterocycles. The standard InChI is InChI=1S/C9H19N3O/c1-7(10)8-4-2-3-5-12(6-8)9(11)13/h7-8H,2-6,10H2,1H3,(H2,11,13). The lowest BCUT2D eigenvalue weighted by Crippen LogP contribution is -2.42. The van der Waals surface area contributed by atoms with Crippen molar-refractivity contribution in [2.45, 2.75) is 32.2 Å². The first-order valence-electron chi connectivity index (χ1n) is 4.91. The second kappa shape index (κ2) is 4.46. The first kappa shape index (κ1) is 10.3. The van der Waals surface area contributed by atoms with Gasteiger partial charge in [0.05, 0.1) is 0 Å². The Labute approximate surface area is 79.3 Å². The summed E-state index contributed by atoms with van der Waals surface area (Å²) in [7, 11) is 0. The number of amides is 2. The molecule has 0 bridgehead atoms. The molecule has 0 aromatic carbocycles. The van der Waals surface area contributed by atoms with Gasteiger partial charge in [0, 0.05) is 19.1 Å². The van der Waals surface area contributed by atoms with E-state index in [1.54, 1.807) is 4.90 Å². The van der Waals surface area contributed by atoms with E-state index in [2.05, 4.69) is 0 Å². The molecule has 4 heteroatoms. The number of hydrogen-bond acceptors (Lipinski definition) is 2. The second-order valence-corrected chi connectivity index (χ2v) is 3.90. The summed E-state index contributed by atoms with van der Waals surface area (Å²) in [5.41, 5.74) is 11.1. The Morgan fingerprint density at radius 3 is 2.77 bits per heavy atom. The lowest BCUT2D eigenvalue weighted by molar-refractivity contribution is 0.199. The fourth-order valence-corrected chi connectivity index (χ4v) is 1.80. The molecule has 1 heterocycles. The Morgan fingerprint density at radius 1 is 1.54 bits per heavy atom. The fourth-order valence-electron chi connectivity index (χ4n) is 1.80. The maximum Gasteiger partial charge on any atom is 0.314 e. The van der Waals surface area contributed by atoms with Crippen LogP contribution >= 0.6 is 0 Å². The van der Waals surface area contributed by atoms with Gasteiger partial charge in [-0.1, -0.05) is 6.42 Å². The molecule has 4 nitrogen and oxygen atoms in total. The molecule has 0 aromatic rings. The molecule has 2 atom stereocenters. The zero-order valence-corrected chi connectivity index (χ0v) is 8.20. The molecule has 76 valence electrons. The Balaban J connectivity index is 2.54. The smallest absolute Gasteiger partial charge is 0.314 e. The van der Waals surface area contributed by atoms with Gasteiger partial charge in [-0.25, -0.2) is 4.79 Å². The molecule has 0 spiro atoms. The van der Waals surface area contributed by atoms with Crippen molar-refractivity contribution >= 4 is 6.03 Å². The number of likely N-dealkylation sites (tertiary alicyclic amines) is 1.